The molecule has 0 spiro atoms. The lowest BCUT2D eigenvalue weighted by atomic mass is 9.58. The Balaban J connectivity index is 1.75. The van der Waals surface area contributed by atoms with E-state index in [1.807, 2.05) is 30.3 Å². The summed E-state index contributed by atoms with van der Waals surface area (Å²) in [7, 11) is 1.40. The van der Waals surface area contributed by atoms with Gasteiger partial charge in [0.25, 0.3) is 5.91 Å². The van der Waals surface area contributed by atoms with E-state index in [0.29, 0.717) is 11.1 Å². The Labute approximate surface area is 231 Å². The number of amides is 2. The van der Waals surface area contributed by atoms with Crippen molar-refractivity contribution >= 4 is 12.0 Å². The summed E-state index contributed by atoms with van der Waals surface area (Å²) in [4.78, 5) is 25.7. The smallest absolute Gasteiger partial charge is 0.410 e. The molecule has 4 rings (SSSR count). The summed E-state index contributed by atoms with van der Waals surface area (Å²) in [5, 5.41) is 30.6. The van der Waals surface area contributed by atoms with Crippen molar-refractivity contribution in [2.24, 2.45) is 22.8 Å². The van der Waals surface area contributed by atoms with Gasteiger partial charge >= 0.3 is 6.09 Å². The van der Waals surface area contributed by atoms with Gasteiger partial charge in [-0.3, -0.25) is 4.79 Å². The maximum atomic E-state index is 13.0. The van der Waals surface area contributed by atoms with Gasteiger partial charge in [-0.25, -0.2) is 4.79 Å². The van der Waals surface area contributed by atoms with E-state index in [4.69, 9.17) is 25.7 Å². The summed E-state index contributed by atoms with van der Waals surface area (Å²) in [6, 6.07) is 20.1. The number of methoxy groups -OCH3 is 1. The maximum Gasteiger partial charge on any atom is 0.410 e. The van der Waals surface area contributed by atoms with Gasteiger partial charge in [-0.15, -0.1) is 0 Å². The highest BCUT2D eigenvalue weighted by atomic mass is 16.6. The number of fused-ring (bicyclic) bond motifs is 1. The van der Waals surface area contributed by atoms with Crippen molar-refractivity contribution < 1.29 is 23.8 Å². The van der Waals surface area contributed by atoms with Gasteiger partial charge in [0.05, 0.1) is 30.5 Å². The molecule has 1 aliphatic carbocycles. The molecule has 11 heteroatoms. The lowest BCUT2D eigenvalue weighted by molar-refractivity contribution is -0.119. The van der Waals surface area contributed by atoms with Gasteiger partial charge in [0.15, 0.2) is 23.5 Å². The number of carbonyl (C=O) groups excluding carboxylic acids is 2. The number of allylic oxidation sites excluding steroid dienone is 2. The quantitative estimate of drug-likeness (QED) is 0.534. The van der Waals surface area contributed by atoms with E-state index in [9.17, 15) is 25.4 Å². The first-order valence-electron chi connectivity index (χ1n) is 12.3. The van der Waals surface area contributed by atoms with Gasteiger partial charge in [0.1, 0.15) is 12.7 Å². The van der Waals surface area contributed by atoms with E-state index in [0.717, 1.165) is 5.56 Å². The van der Waals surface area contributed by atoms with Crippen LogP contribution in [-0.2, 0) is 16.1 Å². The molecule has 2 aliphatic rings. The van der Waals surface area contributed by atoms with E-state index >= 15 is 0 Å². The van der Waals surface area contributed by atoms with Crippen LogP contribution in [0.15, 0.2) is 71.5 Å². The number of nitrogens with zero attached hydrogens (tertiary/aromatic N) is 4. The van der Waals surface area contributed by atoms with Crippen LogP contribution < -0.4 is 20.9 Å². The summed E-state index contributed by atoms with van der Waals surface area (Å²) in [6.07, 6.45) is 1.13. The third-order valence-electron chi connectivity index (χ3n) is 7.04. The Morgan fingerprint density at radius 1 is 1.10 bits per heavy atom. The first kappa shape index (κ1) is 27.6. The fraction of sp³-hybridized carbons (Fsp3) is 0.276. The topological polar surface area (TPSA) is 188 Å². The van der Waals surface area contributed by atoms with Crippen LogP contribution in [0.4, 0.5) is 4.79 Å². The maximum absolute atomic E-state index is 13.0. The molecule has 1 aliphatic heterocycles. The Morgan fingerprint density at radius 2 is 1.82 bits per heavy atom. The second-order valence-corrected chi connectivity index (χ2v) is 9.29. The molecule has 2 atom stereocenters. The third-order valence-corrected chi connectivity index (χ3v) is 7.04. The van der Waals surface area contributed by atoms with E-state index in [-0.39, 0.29) is 49.1 Å². The lowest BCUT2D eigenvalue weighted by Crippen LogP contribution is -2.49. The van der Waals surface area contributed by atoms with E-state index in [1.54, 1.807) is 18.2 Å². The molecule has 0 fully saturated rings. The molecule has 40 heavy (non-hydrogen) atoms. The third kappa shape index (κ3) is 4.99. The van der Waals surface area contributed by atoms with Gasteiger partial charge in [-0.2, -0.15) is 15.8 Å². The van der Waals surface area contributed by atoms with Crippen LogP contribution in [0.25, 0.3) is 0 Å². The van der Waals surface area contributed by atoms with Crippen LogP contribution in [0.3, 0.4) is 0 Å². The highest BCUT2D eigenvalue weighted by molar-refractivity contribution is 5.75. The van der Waals surface area contributed by atoms with E-state index in [2.05, 4.69) is 18.2 Å². The fourth-order valence-corrected chi connectivity index (χ4v) is 5.16. The van der Waals surface area contributed by atoms with Crippen molar-refractivity contribution in [3.05, 3.63) is 82.6 Å². The zero-order chi connectivity index (χ0) is 28.9. The molecule has 2 amide bonds. The fourth-order valence-electron chi connectivity index (χ4n) is 5.16. The second kappa shape index (κ2) is 11.5. The molecule has 4 N–H and O–H groups in total. The average Bonchev–Trinajstić information content (AvgIpc) is 2.98. The number of hydrogen-bond donors (Lipinski definition) is 2. The van der Waals surface area contributed by atoms with Crippen molar-refractivity contribution in [1.29, 1.82) is 15.8 Å². The monoisotopic (exact) mass is 538 g/mol. The summed E-state index contributed by atoms with van der Waals surface area (Å²) in [5.41, 5.74) is 11.4. The molecule has 11 nitrogen and oxygen atoms in total. The number of ether oxygens (including phenoxy) is 3. The van der Waals surface area contributed by atoms with Crippen molar-refractivity contribution in [1.82, 2.24) is 4.90 Å². The van der Waals surface area contributed by atoms with Crippen LogP contribution in [0.1, 0.15) is 17.0 Å². The minimum Gasteiger partial charge on any atom is -0.493 e. The lowest BCUT2D eigenvalue weighted by Gasteiger charge is -2.45. The molecule has 2 aromatic rings. The highest BCUT2D eigenvalue weighted by Crippen LogP contribution is 2.54. The Bertz CT molecular complexity index is 1500. The number of nitriles is 3. The van der Waals surface area contributed by atoms with Crippen LogP contribution in [0.2, 0.25) is 0 Å². The van der Waals surface area contributed by atoms with Crippen LogP contribution in [0.5, 0.6) is 11.5 Å². The van der Waals surface area contributed by atoms with Gasteiger partial charge < -0.3 is 30.6 Å². The largest absolute Gasteiger partial charge is 0.493 e. The first-order valence-corrected chi connectivity index (χ1v) is 12.3. The first-order chi connectivity index (χ1) is 19.3. The molecule has 202 valence electrons. The van der Waals surface area contributed by atoms with Crippen LogP contribution in [-0.4, -0.2) is 43.7 Å². The van der Waals surface area contributed by atoms with Gasteiger partial charge in [0, 0.05) is 24.9 Å². The van der Waals surface area contributed by atoms with E-state index < -0.39 is 29.3 Å². The van der Waals surface area contributed by atoms with Crippen LogP contribution >= 0.6 is 0 Å². The Morgan fingerprint density at radius 3 is 2.45 bits per heavy atom. The number of rotatable bonds is 7. The SMILES string of the molecule is COc1cc([C@H]2[C@@H]3CN(C(=O)OCc4ccccc4)CC=C3C(C#N)=C(N)C2(C#N)C#N)ccc1OCC(N)=O. The second-order valence-electron chi connectivity index (χ2n) is 9.29. The summed E-state index contributed by atoms with van der Waals surface area (Å²) < 4.78 is 16.4. The highest BCUT2D eigenvalue weighted by Gasteiger charge is 2.55. The molecule has 0 unspecified atom stereocenters. The molecular formula is C29H26N6O5. The predicted octanol–water partition coefficient (Wildman–Crippen LogP) is 2.62. The predicted molar refractivity (Wildman–Crippen MR) is 141 cm³/mol. The molecule has 0 bridgehead atoms. The number of hydrogen-bond acceptors (Lipinski definition) is 9. The van der Waals surface area contributed by atoms with Crippen molar-refractivity contribution in [2.75, 3.05) is 26.8 Å². The summed E-state index contributed by atoms with van der Waals surface area (Å²) >= 11 is 0. The Hall–Kier alpha value is -5.47. The Kier molecular flexibility index (Phi) is 7.93. The number of carbonyl (C=O) groups is 2. The zero-order valence-electron chi connectivity index (χ0n) is 21.7. The minimum absolute atomic E-state index is 0.0510. The van der Waals surface area contributed by atoms with Gasteiger partial charge in [-0.1, -0.05) is 42.5 Å². The molecule has 1 heterocycles. The zero-order valence-corrected chi connectivity index (χ0v) is 21.7. The number of primary amides is 1. The van der Waals surface area contributed by atoms with Gasteiger partial charge in [0.2, 0.25) is 0 Å². The van der Waals surface area contributed by atoms with Crippen molar-refractivity contribution in [3.63, 3.8) is 0 Å². The standard InChI is InChI=1S/C29H26N6O5/c1-38-24-11-19(7-8-23(24)39-15-25(33)36)26-22-13-35(28(37)40-14-18-5-3-2-4-6-18)10-9-20(22)21(12-30)27(34)29(26,16-31)17-32/h2-9,11,22,26H,10,13-15,34H2,1H3,(H2,33,36)/t22-,26+/m1/s1. The molecule has 0 saturated heterocycles. The molecule has 2 aromatic carbocycles. The minimum atomic E-state index is -1.93. The summed E-state index contributed by atoms with van der Waals surface area (Å²) in [6.45, 7) is -0.0897. The van der Waals surface area contributed by atoms with Crippen molar-refractivity contribution in [2.45, 2.75) is 12.5 Å². The number of nitrogens with two attached hydrogens (primary N) is 2. The molecular weight excluding hydrogens is 512 g/mol. The molecule has 0 aromatic heterocycles. The number of benzene rings is 2. The van der Waals surface area contributed by atoms with Gasteiger partial charge in [-0.05, 0) is 28.8 Å². The van der Waals surface area contributed by atoms with E-state index in [1.165, 1.54) is 18.1 Å². The normalized spacial score (nSPS) is 19.1. The summed E-state index contributed by atoms with van der Waals surface area (Å²) in [5.74, 6) is -1.76. The molecule has 0 radical (unpaired) electrons. The molecule has 0 saturated carbocycles. The van der Waals surface area contributed by atoms with Crippen molar-refractivity contribution in [3.8, 4) is 29.7 Å². The van der Waals surface area contributed by atoms with Crippen LogP contribution in [0, 0.1) is 45.3 Å². The average molecular weight is 539 g/mol.